The van der Waals surface area contributed by atoms with Gasteiger partial charge in [-0.1, -0.05) is 44.9 Å². The summed E-state index contributed by atoms with van der Waals surface area (Å²) in [4.78, 5) is 14.7. The van der Waals surface area contributed by atoms with Gasteiger partial charge in [-0.25, -0.2) is 13.2 Å². The highest BCUT2D eigenvalue weighted by Gasteiger charge is 2.42. The van der Waals surface area contributed by atoms with E-state index in [2.05, 4.69) is 6.92 Å². The molecule has 190 valence electrons. The fourth-order valence-corrected chi connectivity index (χ4v) is 6.66. The third-order valence-corrected chi connectivity index (χ3v) is 8.50. The van der Waals surface area contributed by atoms with Crippen molar-refractivity contribution in [2.45, 2.75) is 44.4 Å². The summed E-state index contributed by atoms with van der Waals surface area (Å²) in [5.41, 5.74) is 1.42. The standard InChI is InChI=1S/C26H33FN2O5S/c1-5-7-13-26(6-2)17-29(19-11-9-8-10-12-19)22-14-21(28(3)4)23(34-16-20(27)25(30)31)15-24(22)35(32,33)18-26/h8-12,14-16H,5-7,13,17-18H2,1-4H3,(H,30,31)/b20-16-/t26-/m1/s1. The maximum Gasteiger partial charge on any atom is 0.368 e. The van der Waals surface area contributed by atoms with Gasteiger partial charge in [0.25, 0.3) is 0 Å². The summed E-state index contributed by atoms with van der Waals surface area (Å²) < 4.78 is 46.6. The number of hydrogen-bond acceptors (Lipinski definition) is 6. The first kappa shape index (κ1) is 26.5. The second-order valence-corrected chi connectivity index (χ2v) is 11.2. The van der Waals surface area contributed by atoms with E-state index in [1.165, 1.54) is 6.07 Å². The second-order valence-electron chi connectivity index (χ2n) is 9.21. The lowest BCUT2D eigenvalue weighted by Gasteiger charge is -2.36. The van der Waals surface area contributed by atoms with Crippen molar-refractivity contribution in [1.82, 2.24) is 0 Å². The normalized spacial score (nSPS) is 19.6. The highest BCUT2D eigenvalue weighted by molar-refractivity contribution is 7.91. The molecule has 1 aliphatic rings. The van der Waals surface area contributed by atoms with Crippen molar-refractivity contribution in [3.05, 3.63) is 54.6 Å². The van der Waals surface area contributed by atoms with E-state index in [-0.39, 0.29) is 16.4 Å². The maximum atomic E-state index is 13.8. The van der Waals surface area contributed by atoms with Crippen molar-refractivity contribution in [3.63, 3.8) is 0 Å². The maximum absolute atomic E-state index is 13.8. The Morgan fingerprint density at radius 2 is 1.91 bits per heavy atom. The van der Waals surface area contributed by atoms with Crippen LogP contribution in [0.5, 0.6) is 5.75 Å². The number of hydrogen-bond donors (Lipinski definition) is 1. The Labute approximate surface area is 206 Å². The molecule has 1 atom stereocenters. The molecular formula is C26H33FN2O5S. The molecule has 0 aromatic heterocycles. The van der Waals surface area contributed by atoms with Gasteiger partial charge < -0.3 is 19.6 Å². The number of para-hydroxylation sites is 1. The number of halogens is 1. The number of anilines is 3. The molecule has 0 fully saturated rings. The number of unbranched alkanes of at least 4 members (excludes halogenated alkanes) is 1. The third-order valence-electron chi connectivity index (χ3n) is 6.51. The van der Waals surface area contributed by atoms with E-state index in [9.17, 15) is 17.6 Å². The van der Waals surface area contributed by atoms with Crippen molar-refractivity contribution >= 4 is 32.9 Å². The minimum atomic E-state index is -3.76. The summed E-state index contributed by atoms with van der Waals surface area (Å²) in [5.74, 6) is -3.22. The van der Waals surface area contributed by atoms with Crippen LogP contribution in [0, 0.1) is 5.41 Å². The van der Waals surface area contributed by atoms with Gasteiger partial charge in [0, 0.05) is 37.8 Å². The van der Waals surface area contributed by atoms with Crippen molar-refractivity contribution < 1.29 is 27.4 Å². The zero-order chi connectivity index (χ0) is 25.8. The lowest BCUT2D eigenvalue weighted by atomic mass is 9.81. The molecule has 3 rings (SSSR count). The molecule has 35 heavy (non-hydrogen) atoms. The fourth-order valence-electron chi connectivity index (χ4n) is 4.49. The molecule has 1 aliphatic heterocycles. The van der Waals surface area contributed by atoms with E-state index in [1.54, 1.807) is 25.1 Å². The number of fused-ring (bicyclic) bond motifs is 1. The van der Waals surface area contributed by atoms with Gasteiger partial charge in [-0.15, -0.1) is 0 Å². The lowest BCUT2D eigenvalue weighted by Crippen LogP contribution is -2.37. The van der Waals surface area contributed by atoms with Gasteiger partial charge in [0.2, 0.25) is 5.83 Å². The van der Waals surface area contributed by atoms with Crippen molar-refractivity contribution in [1.29, 1.82) is 0 Å². The summed E-state index contributed by atoms with van der Waals surface area (Å²) in [6.07, 6.45) is 3.82. The summed E-state index contributed by atoms with van der Waals surface area (Å²) in [5, 5.41) is 8.83. The van der Waals surface area contributed by atoms with Gasteiger partial charge >= 0.3 is 5.97 Å². The average molecular weight is 505 g/mol. The van der Waals surface area contributed by atoms with E-state index >= 15 is 0 Å². The molecule has 0 spiro atoms. The number of carbonyl (C=O) groups is 1. The Morgan fingerprint density at radius 1 is 1.23 bits per heavy atom. The first-order chi connectivity index (χ1) is 16.5. The number of aliphatic carboxylic acids is 1. The molecule has 2 aromatic carbocycles. The first-order valence-corrected chi connectivity index (χ1v) is 13.3. The zero-order valence-electron chi connectivity index (χ0n) is 20.6. The van der Waals surface area contributed by atoms with Gasteiger partial charge in [0.1, 0.15) is 6.26 Å². The Hall–Kier alpha value is -3.07. The van der Waals surface area contributed by atoms with Crippen molar-refractivity contribution in [3.8, 4) is 5.75 Å². The third kappa shape index (κ3) is 5.78. The Balaban J connectivity index is 2.27. The van der Waals surface area contributed by atoms with Gasteiger partial charge in [-0.05, 0) is 31.0 Å². The van der Waals surface area contributed by atoms with Crippen LogP contribution in [-0.4, -0.2) is 45.9 Å². The smallest absolute Gasteiger partial charge is 0.368 e. The number of carboxylic acid groups (broad SMARTS) is 1. The largest absolute Gasteiger partial charge is 0.476 e. The van der Waals surface area contributed by atoms with Gasteiger partial charge in [0.05, 0.1) is 22.0 Å². The number of ether oxygens (including phenoxy) is 1. The van der Waals surface area contributed by atoms with Crippen LogP contribution in [0.1, 0.15) is 39.5 Å². The SMILES string of the molecule is CCCC[C@]1(CC)CN(c2ccccc2)c2cc(N(C)C)c(O/C=C(\F)C(=O)O)cc2S(=O)(=O)C1. The predicted molar refractivity (Wildman–Crippen MR) is 136 cm³/mol. The highest BCUT2D eigenvalue weighted by Crippen LogP contribution is 2.47. The van der Waals surface area contributed by atoms with E-state index in [1.807, 2.05) is 42.2 Å². The molecule has 0 bridgehead atoms. The summed E-state index contributed by atoms with van der Waals surface area (Å²) in [6.45, 7) is 4.65. The van der Waals surface area contributed by atoms with Crippen LogP contribution in [0.15, 0.2) is 59.4 Å². The summed E-state index contributed by atoms with van der Waals surface area (Å²) >= 11 is 0. The van der Waals surface area contributed by atoms with Gasteiger partial charge in [-0.3, -0.25) is 0 Å². The molecule has 0 aliphatic carbocycles. The summed E-state index contributed by atoms with van der Waals surface area (Å²) in [7, 11) is -0.257. The Bertz CT molecular complexity index is 1200. The van der Waals surface area contributed by atoms with Crippen molar-refractivity contribution in [2.75, 3.05) is 36.2 Å². The molecule has 1 N–H and O–H groups in total. The molecule has 0 saturated carbocycles. The second kappa shape index (κ2) is 10.7. The summed E-state index contributed by atoms with van der Waals surface area (Å²) in [6, 6.07) is 12.7. The number of sulfone groups is 1. The Kier molecular flexibility index (Phi) is 8.10. The van der Waals surface area contributed by atoms with E-state index in [0.29, 0.717) is 30.6 Å². The minimum absolute atomic E-state index is 0.0209. The number of benzene rings is 2. The van der Waals surface area contributed by atoms with Crippen LogP contribution in [-0.2, 0) is 14.6 Å². The van der Waals surface area contributed by atoms with Crippen LogP contribution >= 0.6 is 0 Å². The fraction of sp³-hybridized carbons (Fsp3) is 0.423. The van der Waals surface area contributed by atoms with Crippen LogP contribution in [0.3, 0.4) is 0 Å². The number of rotatable bonds is 9. The van der Waals surface area contributed by atoms with Crippen molar-refractivity contribution in [2.24, 2.45) is 5.41 Å². The van der Waals surface area contributed by atoms with Crippen LogP contribution in [0.2, 0.25) is 0 Å². The predicted octanol–water partition coefficient (Wildman–Crippen LogP) is 5.54. The monoisotopic (exact) mass is 504 g/mol. The molecule has 1 heterocycles. The molecule has 0 saturated heterocycles. The van der Waals surface area contributed by atoms with Gasteiger partial charge in [0.15, 0.2) is 15.6 Å². The van der Waals surface area contributed by atoms with Crippen LogP contribution < -0.4 is 14.5 Å². The first-order valence-electron chi connectivity index (χ1n) is 11.7. The Morgan fingerprint density at radius 3 is 2.49 bits per heavy atom. The molecular weight excluding hydrogens is 471 g/mol. The number of carboxylic acids is 1. The highest BCUT2D eigenvalue weighted by atomic mass is 32.2. The topological polar surface area (TPSA) is 87.2 Å². The zero-order valence-corrected chi connectivity index (χ0v) is 21.4. The van der Waals surface area contributed by atoms with E-state index in [4.69, 9.17) is 9.84 Å². The van der Waals surface area contributed by atoms with E-state index in [0.717, 1.165) is 24.9 Å². The lowest BCUT2D eigenvalue weighted by molar-refractivity contribution is -0.134. The average Bonchev–Trinajstić information content (AvgIpc) is 2.93. The molecule has 0 amide bonds. The molecule has 2 aromatic rings. The number of nitrogens with zero attached hydrogens (tertiary/aromatic N) is 2. The van der Waals surface area contributed by atoms with Gasteiger partial charge in [-0.2, -0.15) is 4.39 Å². The van der Waals surface area contributed by atoms with Crippen LogP contribution in [0.4, 0.5) is 21.5 Å². The molecule has 9 heteroatoms. The van der Waals surface area contributed by atoms with E-state index < -0.39 is 27.0 Å². The van der Waals surface area contributed by atoms with Crippen LogP contribution in [0.25, 0.3) is 0 Å². The molecule has 7 nitrogen and oxygen atoms in total. The molecule has 0 radical (unpaired) electrons. The molecule has 0 unspecified atom stereocenters. The minimum Gasteiger partial charge on any atom is -0.476 e. The quantitative estimate of drug-likeness (QED) is 0.354.